The largest absolute Gasteiger partial charge is 0.464 e. The number of nitro groups is 1. The average molecular weight is 443 g/mol. The van der Waals surface area contributed by atoms with E-state index in [9.17, 15) is 24.5 Å². The molecule has 1 unspecified atom stereocenters. The zero-order valence-corrected chi connectivity index (χ0v) is 17.3. The summed E-state index contributed by atoms with van der Waals surface area (Å²) in [6.07, 6.45) is 2.63. The van der Waals surface area contributed by atoms with Crippen LogP contribution in [0.3, 0.4) is 0 Å². The zero-order valence-electron chi connectivity index (χ0n) is 16.5. The lowest BCUT2D eigenvalue weighted by molar-refractivity contribution is -0.385. The second-order valence-corrected chi connectivity index (χ2v) is 7.26. The highest BCUT2D eigenvalue weighted by atomic mass is 32.2. The number of hydrogen-bond acceptors (Lipinski definition) is 9. The smallest absolute Gasteiger partial charge is 0.329 e. The predicted molar refractivity (Wildman–Crippen MR) is 111 cm³/mol. The van der Waals surface area contributed by atoms with E-state index in [0.29, 0.717) is 11.3 Å². The zero-order chi connectivity index (χ0) is 22.5. The van der Waals surface area contributed by atoms with Gasteiger partial charge in [-0.25, -0.2) is 9.78 Å². The third-order valence-corrected chi connectivity index (χ3v) is 5.05. The van der Waals surface area contributed by atoms with Gasteiger partial charge >= 0.3 is 5.97 Å². The van der Waals surface area contributed by atoms with Crippen molar-refractivity contribution in [3.8, 4) is 11.6 Å². The molecule has 10 nitrogen and oxygen atoms in total. The fourth-order valence-corrected chi connectivity index (χ4v) is 3.54. The van der Waals surface area contributed by atoms with E-state index in [0.717, 1.165) is 22.9 Å². The lowest BCUT2D eigenvalue weighted by Gasteiger charge is -2.19. The molecular weight excluding hydrogens is 426 g/mol. The van der Waals surface area contributed by atoms with E-state index < -0.39 is 28.1 Å². The van der Waals surface area contributed by atoms with Crippen molar-refractivity contribution in [1.29, 1.82) is 0 Å². The van der Waals surface area contributed by atoms with E-state index >= 15 is 0 Å². The van der Waals surface area contributed by atoms with Gasteiger partial charge in [-0.05, 0) is 49.4 Å². The molecule has 1 aromatic heterocycles. The minimum absolute atomic E-state index is 0.145. The minimum Gasteiger partial charge on any atom is -0.464 e. The first kappa shape index (κ1) is 22.0. The van der Waals surface area contributed by atoms with Gasteiger partial charge in [0, 0.05) is 12.1 Å². The highest BCUT2D eigenvalue weighted by Gasteiger charge is 2.41. The standard InChI is InChI=1S/C20H17N3O7S/c1-3-29-19(25)12(2)22-18(24)16(31-20(22)26)10-13-4-7-15(8-5-13)30-17-9-6-14(11-21-17)23(27)28/h4-12H,3H2,1-2H3. The van der Waals surface area contributed by atoms with E-state index in [1.165, 1.54) is 25.1 Å². The molecule has 11 heteroatoms. The van der Waals surface area contributed by atoms with Gasteiger partial charge in [0.05, 0.1) is 16.4 Å². The van der Waals surface area contributed by atoms with Crippen molar-refractivity contribution in [1.82, 2.24) is 9.88 Å². The topological polar surface area (TPSA) is 129 Å². The first-order chi connectivity index (χ1) is 14.8. The molecule has 0 saturated carbocycles. The van der Waals surface area contributed by atoms with Crippen LogP contribution in [0.2, 0.25) is 0 Å². The number of rotatable bonds is 7. The van der Waals surface area contributed by atoms with Crippen LogP contribution in [0.1, 0.15) is 19.4 Å². The summed E-state index contributed by atoms with van der Waals surface area (Å²) >= 11 is 0.745. The predicted octanol–water partition coefficient (Wildman–Crippen LogP) is 3.77. The van der Waals surface area contributed by atoms with Gasteiger partial charge in [0.2, 0.25) is 5.88 Å². The quantitative estimate of drug-likeness (QED) is 0.272. The fourth-order valence-electron chi connectivity index (χ4n) is 2.63. The molecule has 2 heterocycles. The lowest BCUT2D eigenvalue weighted by atomic mass is 10.2. The van der Waals surface area contributed by atoms with Crippen molar-refractivity contribution in [3.05, 3.63) is 63.2 Å². The van der Waals surface area contributed by atoms with E-state index in [2.05, 4.69) is 4.98 Å². The molecule has 31 heavy (non-hydrogen) atoms. The molecule has 0 radical (unpaired) electrons. The van der Waals surface area contributed by atoms with Crippen LogP contribution in [0.4, 0.5) is 10.5 Å². The van der Waals surface area contributed by atoms with Crippen LogP contribution in [0.15, 0.2) is 47.5 Å². The SMILES string of the molecule is CCOC(=O)C(C)N1C(=O)SC(=Cc2ccc(Oc3ccc([N+](=O)[O-])cn3)cc2)C1=O. The first-order valence-corrected chi connectivity index (χ1v) is 9.94. The third kappa shape index (κ3) is 5.07. The normalized spacial score (nSPS) is 15.8. The van der Waals surface area contributed by atoms with Crippen molar-refractivity contribution in [2.75, 3.05) is 6.61 Å². The number of hydrogen-bond donors (Lipinski definition) is 0. The number of imide groups is 1. The molecule has 0 spiro atoms. The van der Waals surface area contributed by atoms with Crippen molar-refractivity contribution >= 4 is 40.6 Å². The third-order valence-electron chi connectivity index (χ3n) is 4.17. The summed E-state index contributed by atoms with van der Waals surface area (Å²) in [5, 5.41) is 10.1. The number of nitrogens with zero attached hydrogens (tertiary/aromatic N) is 3. The summed E-state index contributed by atoms with van der Waals surface area (Å²) in [5.74, 6) is -0.590. The molecule has 0 bridgehead atoms. The number of amides is 2. The molecule has 2 aromatic rings. The van der Waals surface area contributed by atoms with E-state index in [4.69, 9.17) is 9.47 Å². The summed E-state index contributed by atoms with van der Waals surface area (Å²) in [7, 11) is 0. The number of carbonyl (C=O) groups is 3. The molecule has 1 fully saturated rings. The molecule has 0 aliphatic carbocycles. The summed E-state index contributed by atoms with van der Waals surface area (Å²) in [6, 6.07) is 8.24. The average Bonchev–Trinajstić information content (AvgIpc) is 3.02. The first-order valence-electron chi connectivity index (χ1n) is 9.12. The summed E-state index contributed by atoms with van der Waals surface area (Å²) in [4.78, 5) is 51.7. The van der Waals surface area contributed by atoms with Gasteiger partial charge < -0.3 is 9.47 Å². The van der Waals surface area contributed by atoms with Gasteiger partial charge in [0.1, 0.15) is 18.0 Å². The molecule has 1 aliphatic heterocycles. The van der Waals surface area contributed by atoms with Gasteiger partial charge in [0.25, 0.3) is 16.8 Å². The van der Waals surface area contributed by atoms with E-state index in [1.54, 1.807) is 31.2 Å². The summed E-state index contributed by atoms with van der Waals surface area (Å²) < 4.78 is 10.4. The monoisotopic (exact) mass is 443 g/mol. The van der Waals surface area contributed by atoms with Gasteiger partial charge in [-0.15, -0.1) is 0 Å². The maximum atomic E-state index is 12.6. The molecule has 1 aliphatic rings. The maximum absolute atomic E-state index is 12.6. The molecule has 1 aromatic carbocycles. The summed E-state index contributed by atoms with van der Waals surface area (Å²) in [6.45, 7) is 3.23. The fraction of sp³-hybridized carbons (Fsp3) is 0.200. The van der Waals surface area contributed by atoms with Crippen molar-refractivity contribution in [3.63, 3.8) is 0 Å². The highest BCUT2D eigenvalue weighted by molar-refractivity contribution is 8.18. The lowest BCUT2D eigenvalue weighted by Crippen LogP contribution is -2.42. The Morgan fingerprint density at radius 3 is 2.55 bits per heavy atom. The number of ether oxygens (including phenoxy) is 2. The molecule has 1 saturated heterocycles. The van der Waals surface area contributed by atoms with Gasteiger partial charge in [-0.3, -0.25) is 24.6 Å². The number of aromatic nitrogens is 1. The van der Waals surface area contributed by atoms with Crippen LogP contribution in [0.25, 0.3) is 6.08 Å². The summed E-state index contributed by atoms with van der Waals surface area (Å²) in [5.41, 5.74) is 0.493. The van der Waals surface area contributed by atoms with Crippen LogP contribution >= 0.6 is 11.8 Å². The number of esters is 1. The van der Waals surface area contributed by atoms with E-state index in [1.807, 2.05) is 0 Å². The molecular formula is C20H17N3O7S. The molecule has 0 N–H and O–H groups in total. The Bertz CT molecular complexity index is 1050. The van der Waals surface area contributed by atoms with Crippen LogP contribution in [-0.2, 0) is 14.3 Å². The van der Waals surface area contributed by atoms with Crippen LogP contribution < -0.4 is 4.74 Å². The molecule has 1 atom stereocenters. The Balaban J connectivity index is 1.70. The maximum Gasteiger partial charge on any atom is 0.329 e. The van der Waals surface area contributed by atoms with Crippen LogP contribution in [0.5, 0.6) is 11.6 Å². The van der Waals surface area contributed by atoms with Gasteiger partial charge in [0.15, 0.2) is 0 Å². The van der Waals surface area contributed by atoms with Crippen LogP contribution in [-0.4, -0.2) is 44.6 Å². The highest BCUT2D eigenvalue weighted by Crippen LogP contribution is 2.34. The number of benzene rings is 1. The Morgan fingerprint density at radius 1 is 1.26 bits per heavy atom. The van der Waals surface area contributed by atoms with Crippen LogP contribution in [0, 0.1) is 10.1 Å². The van der Waals surface area contributed by atoms with Gasteiger partial charge in [-0.1, -0.05) is 12.1 Å². The number of thioether (sulfide) groups is 1. The molecule has 2 amide bonds. The van der Waals surface area contributed by atoms with Gasteiger partial charge in [-0.2, -0.15) is 0 Å². The number of carbonyl (C=O) groups excluding carboxylic acids is 3. The van der Waals surface area contributed by atoms with E-state index in [-0.39, 0.29) is 23.1 Å². The van der Waals surface area contributed by atoms with Crippen molar-refractivity contribution in [2.24, 2.45) is 0 Å². The molecule has 160 valence electrons. The molecule has 3 rings (SSSR count). The number of pyridine rings is 1. The Hall–Kier alpha value is -3.73. The minimum atomic E-state index is -1.01. The Kier molecular flexibility index (Phi) is 6.65. The Morgan fingerprint density at radius 2 is 1.97 bits per heavy atom. The van der Waals surface area contributed by atoms with Crippen molar-refractivity contribution in [2.45, 2.75) is 19.9 Å². The Labute approximate surface area is 181 Å². The van der Waals surface area contributed by atoms with Crippen molar-refractivity contribution < 1.29 is 28.8 Å². The second-order valence-electron chi connectivity index (χ2n) is 6.26. The second kappa shape index (κ2) is 9.39.